The summed E-state index contributed by atoms with van der Waals surface area (Å²) in [7, 11) is 0. The number of aromatic carboxylic acids is 1. The Labute approximate surface area is 109 Å². The lowest BCUT2D eigenvalue weighted by molar-refractivity contribution is 0.0693. The summed E-state index contributed by atoms with van der Waals surface area (Å²) < 4.78 is 5.67. The molecule has 1 aromatic carbocycles. The molecule has 0 spiro atoms. The molecule has 17 heavy (non-hydrogen) atoms. The van der Waals surface area contributed by atoms with E-state index in [2.05, 4.69) is 26.1 Å². The predicted molar refractivity (Wildman–Crippen MR) is 65.0 cm³/mol. The van der Waals surface area contributed by atoms with E-state index in [0.29, 0.717) is 16.5 Å². The average Bonchev–Trinajstić information content (AvgIpc) is 2.78. The Morgan fingerprint density at radius 2 is 2.35 bits per heavy atom. The number of hydrogen-bond donors (Lipinski definition) is 1. The maximum absolute atomic E-state index is 11.0. The normalized spacial score (nSPS) is 10.4. The van der Waals surface area contributed by atoms with Crippen molar-refractivity contribution in [2.24, 2.45) is 0 Å². The number of carboxylic acid groups (broad SMARTS) is 1. The highest BCUT2D eigenvalue weighted by atomic mass is 79.9. The third-order valence-corrected chi connectivity index (χ3v) is 3.47. The molecule has 0 saturated heterocycles. The van der Waals surface area contributed by atoms with E-state index in [4.69, 9.17) is 9.63 Å². The molecular formula is C10H7BrN2O3S. The van der Waals surface area contributed by atoms with Crippen LogP contribution in [0.1, 0.15) is 16.2 Å². The summed E-state index contributed by atoms with van der Waals surface area (Å²) >= 11 is 4.65. The van der Waals surface area contributed by atoms with Gasteiger partial charge in [-0.3, -0.25) is 0 Å². The third kappa shape index (κ3) is 3.07. The molecular weight excluding hydrogens is 308 g/mol. The average molecular weight is 315 g/mol. The van der Waals surface area contributed by atoms with Crippen molar-refractivity contribution in [3.8, 4) is 0 Å². The summed E-state index contributed by atoms with van der Waals surface area (Å²) in [6.45, 7) is 0. The van der Waals surface area contributed by atoms with Crippen molar-refractivity contribution in [3.63, 3.8) is 0 Å². The minimum Gasteiger partial charge on any atom is -0.478 e. The highest BCUT2D eigenvalue weighted by molar-refractivity contribution is 9.10. The molecule has 5 nitrogen and oxygen atoms in total. The van der Waals surface area contributed by atoms with Crippen molar-refractivity contribution < 1.29 is 14.4 Å². The second-order valence-electron chi connectivity index (χ2n) is 3.07. The van der Waals surface area contributed by atoms with Gasteiger partial charge >= 0.3 is 5.97 Å². The van der Waals surface area contributed by atoms with Crippen LogP contribution in [0.3, 0.4) is 0 Å². The molecule has 0 aliphatic heterocycles. The first kappa shape index (κ1) is 12.1. The Hall–Kier alpha value is -1.34. The highest BCUT2D eigenvalue weighted by Crippen LogP contribution is 2.28. The van der Waals surface area contributed by atoms with E-state index in [1.54, 1.807) is 18.2 Å². The van der Waals surface area contributed by atoms with Crippen molar-refractivity contribution >= 4 is 33.7 Å². The molecule has 2 aromatic rings. The molecule has 0 bridgehead atoms. The molecule has 2 rings (SSSR count). The Morgan fingerprint density at radius 3 is 3.00 bits per heavy atom. The Kier molecular flexibility index (Phi) is 3.80. The highest BCUT2D eigenvalue weighted by Gasteiger charge is 2.12. The van der Waals surface area contributed by atoms with E-state index < -0.39 is 5.97 Å². The summed E-state index contributed by atoms with van der Waals surface area (Å²) in [5.74, 6) is -0.0478. The van der Waals surface area contributed by atoms with Gasteiger partial charge in [-0.25, -0.2) is 4.79 Å². The molecule has 7 heteroatoms. The first-order chi connectivity index (χ1) is 8.16. The first-order valence-electron chi connectivity index (χ1n) is 4.58. The van der Waals surface area contributed by atoms with Gasteiger partial charge in [0, 0.05) is 9.37 Å². The van der Waals surface area contributed by atoms with Crippen LogP contribution in [-0.4, -0.2) is 21.2 Å². The number of aromatic nitrogens is 2. The van der Waals surface area contributed by atoms with Crippen LogP contribution in [0.2, 0.25) is 0 Å². The number of carbonyl (C=O) groups is 1. The van der Waals surface area contributed by atoms with Gasteiger partial charge in [0.1, 0.15) is 0 Å². The first-order valence-corrected chi connectivity index (χ1v) is 6.36. The molecule has 0 aliphatic carbocycles. The zero-order valence-corrected chi connectivity index (χ0v) is 10.9. The molecule has 0 saturated carbocycles. The predicted octanol–water partition coefficient (Wildman–Crippen LogP) is 2.82. The molecule has 0 aliphatic rings. The van der Waals surface area contributed by atoms with Crippen molar-refractivity contribution in [1.82, 2.24) is 10.1 Å². The number of thioether (sulfide) groups is 1. The van der Waals surface area contributed by atoms with E-state index in [1.165, 1.54) is 18.1 Å². The van der Waals surface area contributed by atoms with E-state index in [0.717, 1.165) is 4.47 Å². The number of rotatable bonds is 4. The topological polar surface area (TPSA) is 76.2 Å². The molecule has 0 amide bonds. The van der Waals surface area contributed by atoms with Crippen molar-refractivity contribution in [2.45, 2.75) is 10.6 Å². The van der Waals surface area contributed by atoms with Crippen LogP contribution in [0.4, 0.5) is 0 Å². The van der Waals surface area contributed by atoms with Gasteiger partial charge in [-0.2, -0.15) is 4.98 Å². The molecule has 1 aromatic heterocycles. The molecule has 0 fully saturated rings. The summed E-state index contributed by atoms with van der Waals surface area (Å²) in [5, 5.41) is 12.5. The van der Waals surface area contributed by atoms with Crippen LogP contribution in [0, 0.1) is 0 Å². The minimum atomic E-state index is -0.953. The SMILES string of the molecule is O=C(O)c1ccc(Br)cc1SCc1ncno1. The fourth-order valence-electron chi connectivity index (χ4n) is 1.19. The van der Waals surface area contributed by atoms with Gasteiger partial charge in [0.05, 0.1) is 11.3 Å². The van der Waals surface area contributed by atoms with Gasteiger partial charge in [0.25, 0.3) is 0 Å². The molecule has 88 valence electrons. The lowest BCUT2D eigenvalue weighted by atomic mass is 10.2. The van der Waals surface area contributed by atoms with Gasteiger partial charge in [0.15, 0.2) is 6.33 Å². The van der Waals surface area contributed by atoms with Crippen LogP contribution in [0.15, 0.2) is 38.4 Å². The van der Waals surface area contributed by atoms with E-state index in [9.17, 15) is 4.79 Å². The van der Waals surface area contributed by atoms with Crippen LogP contribution in [0.25, 0.3) is 0 Å². The Morgan fingerprint density at radius 1 is 1.53 bits per heavy atom. The van der Waals surface area contributed by atoms with Gasteiger partial charge < -0.3 is 9.63 Å². The third-order valence-electron chi connectivity index (χ3n) is 1.93. The van der Waals surface area contributed by atoms with Gasteiger partial charge in [-0.15, -0.1) is 11.8 Å². The zero-order valence-electron chi connectivity index (χ0n) is 8.46. The van der Waals surface area contributed by atoms with Crippen LogP contribution < -0.4 is 0 Å². The Bertz CT molecular complexity index is 530. The maximum Gasteiger partial charge on any atom is 0.336 e. The van der Waals surface area contributed by atoms with Crippen molar-refractivity contribution in [3.05, 3.63) is 40.5 Å². The van der Waals surface area contributed by atoms with E-state index >= 15 is 0 Å². The number of benzene rings is 1. The summed E-state index contributed by atoms with van der Waals surface area (Å²) in [6, 6.07) is 5.01. The quantitative estimate of drug-likeness (QED) is 0.874. The monoisotopic (exact) mass is 314 g/mol. The molecule has 0 radical (unpaired) electrons. The van der Waals surface area contributed by atoms with Gasteiger partial charge in [-0.1, -0.05) is 21.1 Å². The van der Waals surface area contributed by atoms with Crippen LogP contribution in [-0.2, 0) is 5.75 Å². The van der Waals surface area contributed by atoms with Crippen molar-refractivity contribution in [2.75, 3.05) is 0 Å². The number of carboxylic acids is 1. The van der Waals surface area contributed by atoms with Gasteiger partial charge in [-0.05, 0) is 18.2 Å². The largest absolute Gasteiger partial charge is 0.478 e. The minimum absolute atomic E-state index is 0.262. The smallest absolute Gasteiger partial charge is 0.336 e. The second kappa shape index (κ2) is 5.33. The van der Waals surface area contributed by atoms with Crippen molar-refractivity contribution in [1.29, 1.82) is 0 Å². The second-order valence-corrected chi connectivity index (χ2v) is 5.00. The molecule has 0 atom stereocenters. The van der Waals surface area contributed by atoms with Gasteiger partial charge in [0.2, 0.25) is 5.89 Å². The molecule has 0 unspecified atom stereocenters. The summed E-state index contributed by atoms with van der Waals surface area (Å²) in [5.41, 5.74) is 0.262. The Balaban J connectivity index is 2.19. The maximum atomic E-state index is 11.0. The van der Waals surface area contributed by atoms with E-state index in [1.807, 2.05) is 0 Å². The molecule has 1 heterocycles. The fraction of sp³-hybridized carbons (Fsp3) is 0.100. The summed E-state index contributed by atoms with van der Waals surface area (Å²) in [6.07, 6.45) is 1.31. The summed E-state index contributed by atoms with van der Waals surface area (Å²) in [4.78, 5) is 15.5. The lowest BCUT2D eigenvalue weighted by Gasteiger charge is -2.04. The number of nitrogens with zero attached hydrogens (tertiary/aromatic N) is 2. The van der Waals surface area contributed by atoms with Crippen LogP contribution in [0.5, 0.6) is 0 Å². The van der Waals surface area contributed by atoms with E-state index in [-0.39, 0.29) is 5.56 Å². The fourth-order valence-corrected chi connectivity index (χ4v) is 2.63. The standard InChI is InChI=1S/C10H7BrN2O3S/c11-6-1-2-7(10(14)15)8(3-6)17-4-9-12-5-13-16-9/h1-3,5H,4H2,(H,14,15). The zero-order chi connectivity index (χ0) is 12.3. The lowest BCUT2D eigenvalue weighted by Crippen LogP contribution is -1.98. The van der Waals surface area contributed by atoms with Crippen LogP contribution >= 0.6 is 27.7 Å². The number of hydrogen-bond acceptors (Lipinski definition) is 5. The molecule has 1 N–H and O–H groups in total. The number of halogens is 1.